The van der Waals surface area contributed by atoms with E-state index >= 15 is 0 Å². The molecular formula is C40H52F3N3O6. The van der Waals surface area contributed by atoms with Gasteiger partial charge in [0.05, 0.1) is 36.7 Å². The van der Waals surface area contributed by atoms with Crippen LogP contribution in [0.2, 0.25) is 0 Å². The van der Waals surface area contributed by atoms with Crippen molar-refractivity contribution in [3.05, 3.63) is 59.2 Å². The van der Waals surface area contributed by atoms with Crippen LogP contribution in [0.15, 0.2) is 42.5 Å². The molecule has 5 fully saturated rings. The zero-order chi connectivity index (χ0) is 36.6. The number of piperidine rings is 1. The maximum atomic E-state index is 14.8. The van der Waals surface area contributed by atoms with E-state index < -0.39 is 23.6 Å². The number of alkyl halides is 3. The van der Waals surface area contributed by atoms with E-state index in [4.69, 9.17) is 14.2 Å². The number of carboxylic acids is 1. The Labute approximate surface area is 304 Å². The lowest BCUT2D eigenvalue weighted by Crippen LogP contribution is -2.43. The quantitative estimate of drug-likeness (QED) is 0.317. The van der Waals surface area contributed by atoms with Crippen LogP contribution in [-0.4, -0.2) is 105 Å². The van der Waals surface area contributed by atoms with Gasteiger partial charge in [-0.15, -0.1) is 0 Å². The van der Waals surface area contributed by atoms with Crippen molar-refractivity contribution in [1.29, 1.82) is 0 Å². The summed E-state index contributed by atoms with van der Waals surface area (Å²) in [5.41, 5.74) is 1.63. The smallest absolute Gasteiger partial charge is 0.416 e. The lowest BCUT2D eigenvalue weighted by Gasteiger charge is -2.40. The van der Waals surface area contributed by atoms with Gasteiger partial charge in [0.1, 0.15) is 5.75 Å². The maximum absolute atomic E-state index is 14.8. The van der Waals surface area contributed by atoms with Crippen molar-refractivity contribution in [1.82, 2.24) is 9.80 Å². The van der Waals surface area contributed by atoms with Crippen LogP contribution in [0.3, 0.4) is 0 Å². The van der Waals surface area contributed by atoms with Crippen molar-refractivity contribution in [3.63, 3.8) is 0 Å². The van der Waals surface area contributed by atoms with Crippen molar-refractivity contribution in [2.75, 3.05) is 71.6 Å². The number of methoxy groups -OCH3 is 2. The number of amides is 1. The highest BCUT2D eigenvalue weighted by atomic mass is 19.4. The lowest BCUT2D eigenvalue weighted by atomic mass is 9.80. The number of nitrogens with zero attached hydrogens (tertiary/aromatic N) is 3. The third-order valence-electron chi connectivity index (χ3n) is 12.9. The number of carbonyl (C=O) groups is 2. The van der Waals surface area contributed by atoms with E-state index in [0.29, 0.717) is 63.9 Å². The number of halogens is 3. The summed E-state index contributed by atoms with van der Waals surface area (Å²) in [6.07, 6.45) is 2.67. The minimum Gasteiger partial charge on any atom is -0.497 e. The number of benzene rings is 2. The molecule has 7 rings (SSSR count). The number of carboxylic acid groups (broad SMARTS) is 1. The van der Waals surface area contributed by atoms with Crippen LogP contribution >= 0.6 is 0 Å². The molecule has 4 heterocycles. The maximum Gasteiger partial charge on any atom is 0.416 e. The van der Waals surface area contributed by atoms with Crippen LogP contribution in [0.5, 0.6) is 5.75 Å². The Bertz CT molecular complexity index is 1560. The first kappa shape index (κ1) is 37.0. The number of carbonyl (C=O) groups excluding carboxylic acids is 1. The predicted octanol–water partition coefficient (Wildman–Crippen LogP) is 6.41. The van der Waals surface area contributed by atoms with E-state index in [1.807, 2.05) is 21.9 Å². The van der Waals surface area contributed by atoms with Gasteiger partial charge in [-0.2, -0.15) is 13.2 Å². The van der Waals surface area contributed by atoms with E-state index in [0.717, 1.165) is 74.6 Å². The molecule has 4 aliphatic heterocycles. The number of likely N-dealkylation sites (tertiary alicyclic amines) is 2. The molecule has 5 aliphatic rings. The Morgan fingerprint density at radius 1 is 0.923 bits per heavy atom. The summed E-state index contributed by atoms with van der Waals surface area (Å²) in [5.74, 6) is -1.17. The molecule has 1 saturated carbocycles. The molecule has 1 spiro atoms. The summed E-state index contributed by atoms with van der Waals surface area (Å²) >= 11 is 0. The number of hydrogen-bond acceptors (Lipinski definition) is 7. The molecule has 52 heavy (non-hydrogen) atoms. The molecule has 1 aliphatic carbocycles. The highest BCUT2D eigenvalue weighted by Gasteiger charge is 2.48. The Morgan fingerprint density at radius 2 is 1.65 bits per heavy atom. The third-order valence-corrected chi connectivity index (χ3v) is 12.9. The molecule has 12 heteroatoms. The van der Waals surface area contributed by atoms with Gasteiger partial charge in [-0.3, -0.25) is 14.5 Å². The standard InChI is InChI=1S/C40H52F3N3O6/c1-50-25-28-21-46(23-34(28)32-9-6-29(40(41,42)43)20-36(32)44-17-12-27(13-18-44)38(48)49)37(47)35-24-45(22-33(35)26-4-7-31(51-2)8-5-26)30-10-15-39(16-11-30)14-3-19-52-39/h4-9,20,27-28,30,33-35H,3,10-19,21-25H2,1-2H3,(H,48,49)/t28-,30-,33+,34+,35-,39+/m1/s1. The number of anilines is 1. The summed E-state index contributed by atoms with van der Waals surface area (Å²) in [7, 11) is 3.26. The van der Waals surface area contributed by atoms with Gasteiger partial charge in [-0.05, 0) is 86.8 Å². The Hall–Kier alpha value is -3.35. The molecule has 284 valence electrons. The first-order chi connectivity index (χ1) is 25.0. The van der Waals surface area contributed by atoms with Crippen molar-refractivity contribution >= 4 is 17.6 Å². The van der Waals surface area contributed by atoms with Gasteiger partial charge >= 0.3 is 12.1 Å². The molecule has 0 unspecified atom stereocenters. The average molecular weight is 728 g/mol. The Balaban J connectivity index is 1.14. The molecule has 4 atom stereocenters. The Kier molecular flexibility index (Phi) is 10.8. The van der Waals surface area contributed by atoms with Crippen LogP contribution in [0.25, 0.3) is 0 Å². The monoisotopic (exact) mass is 727 g/mol. The predicted molar refractivity (Wildman–Crippen MR) is 190 cm³/mol. The zero-order valence-corrected chi connectivity index (χ0v) is 30.3. The molecule has 9 nitrogen and oxygen atoms in total. The van der Waals surface area contributed by atoms with Crippen molar-refractivity contribution in [2.24, 2.45) is 17.8 Å². The average Bonchev–Trinajstić information content (AvgIpc) is 3.91. The van der Waals surface area contributed by atoms with Gasteiger partial charge in [0.15, 0.2) is 0 Å². The molecule has 0 radical (unpaired) electrons. The van der Waals surface area contributed by atoms with Crippen LogP contribution in [0, 0.1) is 17.8 Å². The van der Waals surface area contributed by atoms with Gasteiger partial charge in [0.2, 0.25) is 5.91 Å². The third kappa shape index (κ3) is 7.53. The minimum absolute atomic E-state index is 0.00545. The van der Waals surface area contributed by atoms with Crippen molar-refractivity contribution < 1.29 is 42.1 Å². The highest BCUT2D eigenvalue weighted by Crippen LogP contribution is 2.46. The van der Waals surface area contributed by atoms with Gasteiger partial charge < -0.3 is 29.1 Å². The fraction of sp³-hybridized carbons (Fsp3) is 0.650. The summed E-state index contributed by atoms with van der Waals surface area (Å²) in [4.78, 5) is 32.8. The second-order valence-electron chi connectivity index (χ2n) is 15.7. The fourth-order valence-corrected chi connectivity index (χ4v) is 9.91. The second-order valence-corrected chi connectivity index (χ2v) is 15.7. The van der Waals surface area contributed by atoms with Gasteiger partial charge in [-0.1, -0.05) is 18.2 Å². The summed E-state index contributed by atoms with van der Waals surface area (Å²) in [5, 5.41) is 9.55. The number of hydrogen-bond donors (Lipinski definition) is 1. The molecular weight excluding hydrogens is 675 g/mol. The van der Waals surface area contributed by atoms with Gasteiger partial charge in [0, 0.05) is 82.5 Å². The largest absolute Gasteiger partial charge is 0.497 e. The molecule has 0 bridgehead atoms. The van der Waals surface area contributed by atoms with Crippen LogP contribution in [-0.2, 0) is 25.2 Å². The molecule has 2 aromatic rings. The number of aliphatic carboxylic acids is 1. The van der Waals surface area contributed by atoms with E-state index in [1.54, 1.807) is 20.3 Å². The second kappa shape index (κ2) is 15.2. The van der Waals surface area contributed by atoms with Gasteiger partial charge in [0.25, 0.3) is 0 Å². The highest BCUT2D eigenvalue weighted by molar-refractivity contribution is 5.81. The van der Waals surface area contributed by atoms with Crippen molar-refractivity contribution in [2.45, 2.75) is 81.0 Å². The van der Waals surface area contributed by atoms with Crippen LogP contribution < -0.4 is 9.64 Å². The molecule has 4 saturated heterocycles. The van der Waals surface area contributed by atoms with Crippen molar-refractivity contribution in [3.8, 4) is 5.75 Å². The summed E-state index contributed by atoms with van der Waals surface area (Å²) in [6.45, 7) is 4.20. The molecule has 1 amide bonds. The SMILES string of the molecule is COC[C@H]1CN(C(=O)[C@@H]2CN([C@H]3CC[C@]4(CCCO4)CC3)C[C@H]2c2ccc(OC)cc2)C[C@@H]1c1ccc(C(F)(F)F)cc1N1CCC(C(=O)O)CC1. The minimum atomic E-state index is -4.52. The van der Waals surface area contributed by atoms with Crippen LogP contribution in [0.1, 0.15) is 79.9 Å². The van der Waals surface area contributed by atoms with E-state index in [-0.39, 0.29) is 35.2 Å². The first-order valence-corrected chi connectivity index (χ1v) is 19.0. The number of rotatable bonds is 9. The molecule has 2 aromatic carbocycles. The first-order valence-electron chi connectivity index (χ1n) is 19.0. The molecule has 0 aromatic heterocycles. The topological polar surface area (TPSA) is 91.8 Å². The lowest BCUT2D eigenvalue weighted by molar-refractivity contribution is -0.142. The van der Waals surface area contributed by atoms with Gasteiger partial charge in [-0.25, -0.2) is 0 Å². The van der Waals surface area contributed by atoms with E-state index in [1.165, 1.54) is 6.07 Å². The summed E-state index contributed by atoms with van der Waals surface area (Å²) in [6, 6.07) is 12.3. The summed E-state index contributed by atoms with van der Waals surface area (Å²) < 4.78 is 59.4. The Morgan fingerprint density at radius 3 is 2.27 bits per heavy atom. The number of ether oxygens (including phenoxy) is 3. The molecule has 1 N–H and O–H groups in total. The normalized spacial score (nSPS) is 30.4. The fourth-order valence-electron chi connectivity index (χ4n) is 9.91. The van der Waals surface area contributed by atoms with E-state index in [9.17, 15) is 27.9 Å². The van der Waals surface area contributed by atoms with E-state index in [2.05, 4.69) is 17.0 Å². The zero-order valence-electron chi connectivity index (χ0n) is 30.3. The van der Waals surface area contributed by atoms with Crippen LogP contribution in [0.4, 0.5) is 18.9 Å².